The molecule has 0 atom stereocenters. The summed E-state index contributed by atoms with van der Waals surface area (Å²) in [6, 6.07) is 15.6. The van der Waals surface area contributed by atoms with Crippen LogP contribution in [0.1, 0.15) is 12.2 Å². The zero-order valence-corrected chi connectivity index (χ0v) is 18.8. The number of aromatic nitrogens is 3. The van der Waals surface area contributed by atoms with E-state index < -0.39 is 0 Å². The average molecular weight is 470 g/mol. The monoisotopic (exact) mass is 469 g/mol. The standard InChI is InChI=1S/C23H18Cl2N4OS/c24-17-9-8-16(11-18(17)25)20-12-28(22-7-4-10-29(20)22)13-21(30)27-23-26-19(14-31-23)15-5-2-1-3-6-15/h1-3,5-6,8-9,11-12,14H,4,7,10,13H2/p+1. The molecule has 31 heavy (non-hydrogen) atoms. The number of rotatable bonds is 5. The van der Waals surface area contributed by atoms with Crippen molar-refractivity contribution in [3.05, 3.63) is 76.0 Å². The van der Waals surface area contributed by atoms with Crippen molar-refractivity contribution in [2.24, 2.45) is 0 Å². The van der Waals surface area contributed by atoms with Gasteiger partial charge in [-0.1, -0.05) is 53.5 Å². The van der Waals surface area contributed by atoms with Gasteiger partial charge in [0.15, 0.2) is 17.4 Å². The maximum absolute atomic E-state index is 12.8. The number of imidazole rings is 1. The van der Waals surface area contributed by atoms with Gasteiger partial charge in [-0.3, -0.25) is 10.1 Å². The van der Waals surface area contributed by atoms with Crippen LogP contribution in [0.2, 0.25) is 10.0 Å². The van der Waals surface area contributed by atoms with Gasteiger partial charge in [-0.15, -0.1) is 11.3 Å². The minimum Gasteiger partial charge on any atom is -0.299 e. The average Bonchev–Trinajstić information content (AvgIpc) is 3.49. The van der Waals surface area contributed by atoms with E-state index in [2.05, 4.69) is 14.9 Å². The van der Waals surface area contributed by atoms with Gasteiger partial charge in [0.1, 0.15) is 6.20 Å². The van der Waals surface area contributed by atoms with Crippen LogP contribution >= 0.6 is 34.5 Å². The third-order valence-corrected chi connectivity index (χ3v) is 6.84. The van der Waals surface area contributed by atoms with E-state index in [1.807, 2.05) is 58.6 Å². The number of amides is 1. The first kappa shape index (κ1) is 20.2. The predicted molar refractivity (Wildman–Crippen MR) is 125 cm³/mol. The molecule has 8 heteroatoms. The van der Waals surface area contributed by atoms with Gasteiger partial charge >= 0.3 is 0 Å². The fourth-order valence-corrected chi connectivity index (χ4v) is 4.95. The summed E-state index contributed by atoms with van der Waals surface area (Å²) in [5.41, 5.74) is 3.92. The van der Waals surface area contributed by atoms with Crippen LogP contribution in [-0.2, 0) is 24.3 Å². The SMILES string of the molecule is O=C(C[n+]1cc(-c2ccc(Cl)c(Cl)c2)n2c1CCC2)Nc1nc(-c2ccccc2)cs1. The van der Waals surface area contributed by atoms with Crippen LogP contribution in [-0.4, -0.2) is 15.5 Å². The molecule has 5 nitrogen and oxygen atoms in total. The summed E-state index contributed by atoms with van der Waals surface area (Å²) in [5, 5.41) is 6.55. The zero-order chi connectivity index (χ0) is 21.4. The molecule has 0 saturated heterocycles. The van der Waals surface area contributed by atoms with Gasteiger partial charge in [0.25, 0.3) is 11.7 Å². The molecule has 0 bridgehead atoms. The molecule has 0 spiro atoms. The lowest BCUT2D eigenvalue weighted by molar-refractivity contribution is -0.690. The van der Waals surface area contributed by atoms with Crippen molar-refractivity contribution >= 4 is 45.6 Å². The molecule has 2 aromatic carbocycles. The molecule has 0 saturated carbocycles. The van der Waals surface area contributed by atoms with E-state index in [1.54, 1.807) is 6.07 Å². The van der Waals surface area contributed by atoms with Crippen molar-refractivity contribution in [3.63, 3.8) is 0 Å². The number of benzene rings is 2. The maximum Gasteiger partial charge on any atom is 0.268 e. The largest absolute Gasteiger partial charge is 0.299 e. The van der Waals surface area contributed by atoms with E-state index in [0.717, 1.165) is 47.7 Å². The quantitative estimate of drug-likeness (QED) is 0.394. The van der Waals surface area contributed by atoms with E-state index in [0.29, 0.717) is 15.2 Å². The molecule has 0 unspecified atom stereocenters. The van der Waals surface area contributed by atoms with Gasteiger partial charge in [-0.2, -0.15) is 0 Å². The van der Waals surface area contributed by atoms with Gasteiger partial charge in [-0.25, -0.2) is 14.1 Å². The molecule has 0 radical (unpaired) electrons. The molecule has 1 aliphatic heterocycles. The Hall–Kier alpha value is -2.67. The molecule has 1 aliphatic rings. The third kappa shape index (κ3) is 4.11. The van der Waals surface area contributed by atoms with E-state index in [1.165, 1.54) is 11.3 Å². The van der Waals surface area contributed by atoms with Gasteiger partial charge in [0, 0.05) is 16.5 Å². The molecular weight excluding hydrogens is 451 g/mol. The summed E-state index contributed by atoms with van der Waals surface area (Å²) < 4.78 is 4.27. The summed E-state index contributed by atoms with van der Waals surface area (Å²) in [6.07, 6.45) is 4.01. The number of thiazole rings is 1. The molecule has 0 aliphatic carbocycles. The number of carbonyl (C=O) groups is 1. The Kier molecular flexibility index (Phi) is 5.52. The Morgan fingerprint density at radius 2 is 1.97 bits per heavy atom. The topological polar surface area (TPSA) is 50.8 Å². The maximum atomic E-state index is 12.8. The fourth-order valence-electron chi connectivity index (χ4n) is 3.92. The van der Waals surface area contributed by atoms with Crippen LogP contribution in [0, 0.1) is 0 Å². The Morgan fingerprint density at radius 3 is 2.77 bits per heavy atom. The Labute approximate surface area is 193 Å². The van der Waals surface area contributed by atoms with Crippen molar-refractivity contribution in [2.75, 3.05) is 5.32 Å². The summed E-state index contributed by atoms with van der Waals surface area (Å²) in [6.45, 7) is 1.16. The Balaban J connectivity index is 1.35. The van der Waals surface area contributed by atoms with Crippen LogP contribution in [0.3, 0.4) is 0 Å². The lowest BCUT2D eigenvalue weighted by Gasteiger charge is -2.01. The molecule has 0 fully saturated rings. The van der Waals surface area contributed by atoms with Gasteiger partial charge in [0.2, 0.25) is 0 Å². The fraction of sp³-hybridized carbons (Fsp3) is 0.174. The molecule has 1 N–H and O–H groups in total. The van der Waals surface area contributed by atoms with Crippen LogP contribution in [0.5, 0.6) is 0 Å². The number of nitrogens with zero attached hydrogens (tertiary/aromatic N) is 3. The number of nitrogens with one attached hydrogen (secondary N) is 1. The minimum absolute atomic E-state index is 0.0973. The van der Waals surface area contributed by atoms with Crippen molar-refractivity contribution in [2.45, 2.75) is 25.9 Å². The summed E-state index contributed by atoms with van der Waals surface area (Å²) in [7, 11) is 0. The summed E-state index contributed by atoms with van der Waals surface area (Å²) >= 11 is 13.7. The second-order valence-electron chi connectivity index (χ2n) is 7.39. The van der Waals surface area contributed by atoms with Crippen molar-refractivity contribution in [3.8, 4) is 22.5 Å². The highest BCUT2D eigenvalue weighted by Gasteiger charge is 2.30. The molecule has 5 rings (SSSR count). The molecular formula is C23H19Cl2N4OS+. The van der Waals surface area contributed by atoms with Crippen LogP contribution < -0.4 is 9.88 Å². The molecule has 1 amide bonds. The van der Waals surface area contributed by atoms with Crippen molar-refractivity contribution in [1.82, 2.24) is 9.55 Å². The number of hydrogen-bond acceptors (Lipinski definition) is 3. The minimum atomic E-state index is -0.0973. The van der Waals surface area contributed by atoms with E-state index in [9.17, 15) is 4.79 Å². The second kappa shape index (κ2) is 8.46. The first-order valence-electron chi connectivity index (χ1n) is 9.96. The molecule has 3 heterocycles. The second-order valence-corrected chi connectivity index (χ2v) is 9.07. The van der Waals surface area contributed by atoms with Crippen molar-refractivity contribution < 1.29 is 9.36 Å². The van der Waals surface area contributed by atoms with E-state index in [4.69, 9.17) is 23.2 Å². The Morgan fingerprint density at radius 1 is 1.13 bits per heavy atom. The summed E-state index contributed by atoms with van der Waals surface area (Å²) in [4.78, 5) is 17.3. The number of anilines is 1. The normalized spacial score (nSPS) is 12.7. The highest BCUT2D eigenvalue weighted by atomic mass is 35.5. The molecule has 156 valence electrons. The van der Waals surface area contributed by atoms with Gasteiger partial charge < -0.3 is 0 Å². The molecule has 2 aromatic heterocycles. The highest BCUT2D eigenvalue weighted by molar-refractivity contribution is 7.14. The first-order chi connectivity index (χ1) is 15.1. The van der Waals surface area contributed by atoms with Crippen LogP contribution in [0.15, 0.2) is 60.1 Å². The first-order valence-corrected chi connectivity index (χ1v) is 11.6. The lowest BCUT2D eigenvalue weighted by atomic mass is 10.1. The number of hydrogen-bond donors (Lipinski definition) is 1. The van der Waals surface area contributed by atoms with E-state index >= 15 is 0 Å². The lowest BCUT2D eigenvalue weighted by Crippen LogP contribution is -2.42. The highest BCUT2D eigenvalue weighted by Crippen LogP contribution is 2.30. The predicted octanol–water partition coefficient (Wildman–Crippen LogP) is 5.46. The Bertz CT molecular complexity index is 1270. The van der Waals surface area contributed by atoms with Gasteiger partial charge in [0.05, 0.1) is 28.7 Å². The molecule has 4 aromatic rings. The van der Waals surface area contributed by atoms with Gasteiger partial charge in [-0.05, 0) is 24.6 Å². The van der Waals surface area contributed by atoms with E-state index in [-0.39, 0.29) is 12.5 Å². The smallest absolute Gasteiger partial charge is 0.268 e. The van der Waals surface area contributed by atoms with Crippen LogP contribution in [0.25, 0.3) is 22.5 Å². The third-order valence-electron chi connectivity index (χ3n) is 5.34. The zero-order valence-electron chi connectivity index (χ0n) is 16.5. The number of carbonyl (C=O) groups excluding carboxylic acids is 1. The number of fused-ring (bicyclic) bond motifs is 1. The van der Waals surface area contributed by atoms with Crippen LogP contribution in [0.4, 0.5) is 5.13 Å². The summed E-state index contributed by atoms with van der Waals surface area (Å²) in [5.74, 6) is 1.04. The number of halogens is 2. The van der Waals surface area contributed by atoms with Crippen molar-refractivity contribution in [1.29, 1.82) is 0 Å².